The summed E-state index contributed by atoms with van der Waals surface area (Å²) in [5.41, 5.74) is -0.378. The van der Waals surface area contributed by atoms with Crippen LogP contribution in [0.1, 0.15) is 46.4 Å². The van der Waals surface area contributed by atoms with Crippen molar-refractivity contribution in [3.8, 4) is 0 Å². The van der Waals surface area contributed by atoms with Gasteiger partial charge in [-0.1, -0.05) is 13.8 Å². The fourth-order valence-corrected chi connectivity index (χ4v) is 3.24. The van der Waals surface area contributed by atoms with Crippen molar-refractivity contribution < 1.29 is 4.74 Å². The van der Waals surface area contributed by atoms with Crippen LogP contribution in [0.2, 0.25) is 0 Å². The van der Waals surface area contributed by atoms with Crippen LogP contribution in [0.3, 0.4) is 0 Å². The predicted octanol–water partition coefficient (Wildman–Crippen LogP) is 4.17. The molecule has 0 aliphatic rings. The van der Waals surface area contributed by atoms with E-state index in [1.807, 2.05) is 6.92 Å². The number of nitrogens with one attached hydrogen (secondary N) is 1. The Balaban J connectivity index is 2.57. The van der Waals surface area contributed by atoms with E-state index < -0.39 is 0 Å². The van der Waals surface area contributed by atoms with Crippen molar-refractivity contribution in [1.82, 2.24) is 9.97 Å². The zero-order chi connectivity index (χ0) is 14.6. The topological polar surface area (TPSA) is 47.0 Å². The molecule has 1 N–H and O–H groups in total. The molecule has 0 saturated carbocycles. The molecular weight excluding hydrogens is 270 g/mol. The van der Waals surface area contributed by atoms with Crippen LogP contribution >= 0.6 is 11.3 Å². The molecule has 0 saturated heterocycles. The SMILES string of the molecule is CCNc1nc(C(CC)(CC)OCC)nc2sccc12. The van der Waals surface area contributed by atoms with Gasteiger partial charge in [-0.2, -0.15) is 0 Å². The van der Waals surface area contributed by atoms with E-state index in [1.54, 1.807) is 11.3 Å². The molecule has 2 aromatic rings. The van der Waals surface area contributed by atoms with Crippen LogP contribution in [0.5, 0.6) is 0 Å². The van der Waals surface area contributed by atoms with Crippen LogP contribution in [0.25, 0.3) is 10.2 Å². The van der Waals surface area contributed by atoms with Gasteiger partial charge in [-0.15, -0.1) is 11.3 Å². The van der Waals surface area contributed by atoms with Gasteiger partial charge in [0, 0.05) is 13.2 Å². The number of thiophene rings is 1. The van der Waals surface area contributed by atoms with E-state index in [-0.39, 0.29) is 5.60 Å². The molecule has 0 spiro atoms. The Morgan fingerprint density at radius 2 is 1.95 bits per heavy atom. The molecule has 0 radical (unpaired) electrons. The van der Waals surface area contributed by atoms with Gasteiger partial charge in [0.15, 0.2) is 5.82 Å². The summed E-state index contributed by atoms with van der Waals surface area (Å²) in [4.78, 5) is 10.5. The Bertz CT molecular complexity index is 563. The molecule has 0 aliphatic heterocycles. The summed E-state index contributed by atoms with van der Waals surface area (Å²) in [6.45, 7) is 9.89. The van der Waals surface area contributed by atoms with Crippen molar-refractivity contribution in [2.75, 3.05) is 18.5 Å². The van der Waals surface area contributed by atoms with Crippen molar-refractivity contribution in [3.63, 3.8) is 0 Å². The molecule has 20 heavy (non-hydrogen) atoms. The second-order valence-corrected chi connectivity index (χ2v) is 5.59. The number of nitrogens with zero attached hydrogens (tertiary/aromatic N) is 2. The molecule has 5 heteroatoms. The first-order chi connectivity index (χ1) is 9.70. The molecule has 0 fully saturated rings. The van der Waals surface area contributed by atoms with Gasteiger partial charge in [-0.3, -0.25) is 0 Å². The lowest BCUT2D eigenvalue weighted by atomic mass is 9.96. The second kappa shape index (κ2) is 6.50. The highest BCUT2D eigenvalue weighted by molar-refractivity contribution is 7.16. The number of fused-ring (bicyclic) bond motifs is 1. The van der Waals surface area contributed by atoms with Crippen molar-refractivity contribution in [3.05, 3.63) is 17.3 Å². The van der Waals surface area contributed by atoms with E-state index >= 15 is 0 Å². The average molecular weight is 293 g/mol. The van der Waals surface area contributed by atoms with Crippen molar-refractivity contribution >= 4 is 27.4 Å². The molecule has 0 unspecified atom stereocenters. The third-order valence-electron chi connectivity index (χ3n) is 3.64. The second-order valence-electron chi connectivity index (χ2n) is 4.70. The lowest BCUT2D eigenvalue weighted by molar-refractivity contribution is -0.0568. The van der Waals surface area contributed by atoms with E-state index in [1.165, 1.54) is 0 Å². The Hall–Kier alpha value is -1.20. The van der Waals surface area contributed by atoms with Crippen LogP contribution < -0.4 is 5.32 Å². The first kappa shape index (κ1) is 15.2. The maximum Gasteiger partial charge on any atom is 0.164 e. The standard InChI is InChI=1S/C15H23N3OS/c1-5-15(6-2,19-8-4)14-17-12(16-7-3)11-9-10-20-13(11)18-14/h9-10H,5-8H2,1-4H3,(H,16,17,18). The zero-order valence-corrected chi connectivity index (χ0v) is 13.5. The Labute approximate surface area is 124 Å². The van der Waals surface area contributed by atoms with Gasteiger partial charge in [0.2, 0.25) is 0 Å². The van der Waals surface area contributed by atoms with Gasteiger partial charge in [0.1, 0.15) is 16.2 Å². The summed E-state index contributed by atoms with van der Waals surface area (Å²) in [6.07, 6.45) is 1.75. The van der Waals surface area contributed by atoms with Crippen molar-refractivity contribution in [2.45, 2.75) is 46.1 Å². The van der Waals surface area contributed by atoms with Gasteiger partial charge < -0.3 is 10.1 Å². The minimum atomic E-state index is -0.378. The number of hydrogen-bond donors (Lipinski definition) is 1. The van der Waals surface area contributed by atoms with Gasteiger partial charge in [0.05, 0.1) is 5.39 Å². The third kappa shape index (κ3) is 2.65. The highest BCUT2D eigenvalue weighted by Gasteiger charge is 2.33. The minimum Gasteiger partial charge on any atom is -0.370 e. The first-order valence-electron chi connectivity index (χ1n) is 7.34. The lowest BCUT2D eigenvalue weighted by Crippen LogP contribution is -2.31. The van der Waals surface area contributed by atoms with E-state index in [9.17, 15) is 0 Å². The third-order valence-corrected chi connectivity index (χ3v) is 4.45. The number of rotatable bonds is 7. The fraction of sp³-hybridized carbons (Fsp3) is 0.600. The van der Waals surface area contributed by atoms with Crippen LogP contribution in [0, 0.1) is 0 Å². The number of ether oxygens (including phenoxy) is 1. The number of aromatic nitrogens is 2. The van der Waals surface area contributed by atoms with Crippen LogP contribution in [-0.2, 0) is 10.3 Å². The number of anilines is 1. The largest absolute Gasteiger partial charge is 0.370 e. The molecule has 110 valence electrons. The molecule has 0 amide bonds. The molecule has 4 nitrogen and oxygen atoms in total. The van der Waals surface area contributed by atoms with Gasteiger partial charge in [-0.05, 0) is 38.1 Å². The summed E-state index contributed by atoms with van der Waals surface area (Å²) >= 11 is 1.65. The maximum absolute atomic E-state index is 6.02. The molecular formula is C15H23N3OS. The van der Waals surface area contributed by atoms with Crippen LogP contribution in [0.4, 0.5) is 5.82 Å². The summed E-state index contributed by atoms with van der Waals surface area (Å²) in [6, 6.07) is 2.07. The van der Waals surface area contributed by atoms with E-state index in [4.69, 9.17) is 14.7 Å². The van der Waals surface area contributed by atoms with Gasteiger partial charge in [-0.25, -0.2) is 9.97 Å². The molecule has 0 bridgehead atoms. The minimum absolute atomic E-state index is 0.378. The Kier molecular flexibility index (Phi) is 4.94. The van der Waals surface area contributed by atoms with Crippen molar-refractivity contribution in [2.24, 2.45) is 0 Å². The predicted molar refractivity (Wildman–Crippen MR) is 85.5 cm³/mol. The highest BCUT2D eigenvalue weighted by Crippen LogP contribution is 2.34. The number of hydrogen-bond acceptors (Lipinski definition) is 5. The van der Waals surface area contributed by atoms with Crippen LogP contribution in [0.15, 0.2) is 11.4 Å². The first-order valence-corrected chi connectivity index (χ1v) is 8.22. The summed E-state index contributed by atoms with van der Waals surface area (Å²) < 4.78 is 6.02. The smallest absolute Gasteiger partial charge is 0.164 e. The summed E-state index contributed by atoms with van der Waals surface area (Å²) in [5, 5.41) is 6.49. The lowest BCUT2D eigenvalue weighted by Gasteiger charge is -2.30. The quantitative estimate of drug-likeness (QED) is 0.832. The monoisotopic (exact) mass is 293 g/mol. The maximum atomic E-state index is 6.02. The molecule has 0 aromatic carbocycles. The van der Waals surface area contributed by atoms with Gasteiger partial charge in [0.25, 0.3) is 0 Å². The molecule has 2 rings (SSSR count). The van der Waals surface area contributed by atoms with Crippen molar-refractivity contribution in [1.29, 1.82) is 0 Å². The summed E-state index contributed by atoms with van der Waals surface area (Å²) in [5.74, 6) is 1.72. The Morgan fingerprint density at radius 3 is 2.55 bits per heavy atom. The molecule has 0 aliphatic carbocycles. The van der Waals surface area contributed by atoms with E-state index in [0.717, 1.165) is 41.2 Å². The fourth-order valence-electron chi connectivity index (χ4n) is 2.47. The average Bonchev–Trinajstić information content (AvgIpc) is 2.94. The normalized spacial score (nSPS) is 12.0. The van der Waals surface area contributed by atoms with E-state index in [0.29, 0.717) is 6.61 Å². The molecule has 0 atom stereocenters. The zero-order valence-electron chi connectivity index (χ0n) is 12.7. The molecule has 2 aromatic heterocycles. The Morgan fingerprint density at radius 1 is 1.20 bits per heavy atom. The van der Waals surface area contributed by atoms with Crippen LogP contribution in [-0.4, -0.2) is 23.1 Å². The van der Waals surface area contributed by atoms with Gasteiger partial charge >= 0.3 is 0 Å². The summed E-state index contributed by atoms with van der Waals surface area (Å²) in [7, 11) is 0. The molecule has 2 heterocycles. The van der Waals surface area contributed by atoms with E-state index in [2.05, 4.69) is 37.5 Å². The highest BCUT2D eigenvalue weighted by atomic mass is 32.1.